The molecule has 1 aromatic carbocycles. The molecule has 1 amide bonds. The average molecular weight is 313 g/mol. The number of oxazole rings is 1. The van der Waals surface area contributed by atoms with Crippen LogP contribution >= 0.6 is 0 Å². The van der Waals surface area contributed by atoms with Crippen molar-refractivity contribution in [1.82, 2.24) is 15.2 Å². The van der Waals surface area contributed by atoms with Crippen LogP contribution in [0.15, 0.2) is 35.1 Å². The Morgan fingerprint density at radius 2 is 2.22 bits per heavy atom. The van der Waals surface area contributed by atoms with Gasteiger partial charge in [0, 0.05) is 19.6 Å². The van der Waals surface area contributed by atoms with E-state index in [1.807, 2.05) is 0 Å². The van der Waals surface area contributed by atoms with Gasteiger partial charge in [0.2, 0.25) is 0 Å². The molecule has 0 saturated carbocycles. The molecular weight excluding hydrogens is 290 g/mol. The monoisotopic (exact) mass is 313 g/mol. The zero-order valence-electron chi connectivity index (χ0n) is 13.7. The van der Waals surface area contributed by atoms with E-state index in [0.717, 1.165) is 26.1 Å². The van der Waals surface area contributed by atoms with Gasteiger partial charge in [0.25, 0.3) is 5.91 Å². The Balaban J connectivity index is 1.48. The number of likely N-dealkylation sites (tertiary alicyclic amines) is 1. The van der Waals surface area contributed by atoms with Crippen LogP contribution in [0.1, 0.15) is 33.8 Å². The van der Waals surface area contributed by atoms with Crippen molar-refractivity contribution in [2.45, 2.75) is 26.8 Å². The number of aryl methyl sites for hydroxylation is 2. The van der Waals surface area contributed by atoms with Crippen molar-refractivity contribution in [1.29, 1.82) is 0 Å². The van der Waals surface area contributed by atoms with E-state index in [4.69, 9.17) is 4.42 Å². The third-order valence-corrected chi connectivity index (χ3v) is 4.54. The molecule has 1 aliphatic rings. The van der Waals surface area contributed by atoms with Crippen molar-refractivity contribution in [3.8, 4) is 0 Å². The van der Waals surface area contributed by atoms with E-state index in [1.54, 1.807) is 6.92 Å². The van der Waals surface area contributed by atoms with Gasteiger partial charge in [0.1, 0.15) is 5.76 Å². The molecule has 1 aliphatic heterocycles. The largest absolute Gasteiger partial charge is 0.448 e. The standard InChI is InChI=1S/C18H23N3O2/c1-13-5-3-4-6-16(13)11-21-8-7-15(10-21)9-19-18(22)17-14(2)23-12-20-17/h3-6,12,15H,7-11H2,1-2H3,(H,19,22). The minimum absolute atomic E-state index is 0.145. The van der Waals surface area contributed by atoms with Crippen molar-refractivity contribution in [2.75, 3.05) is 19.6 Å². The predicted octanol–water partition coefficient (Wildman–Crippen LogP) is 2.54. The van der Waals surface area contributed by atoms with Gasteiger partial charge in [-0.05, 0) is 43.9 Å². The van der Waals surface area contributed by atoms with E-state index in [0.29, 0.717) is 23.9 Å². The minimum Gasteiger partial charge on any atom is -0.448 e. The normalized spacial score (nSPS) is 18.3. The zero-order valence-corrected chi connectivity index (χ0v) is 13.7. The quantitative estimate of drug-likeness (QED) is 0.921. The number of carbonyl (C=O) groups is 1. The van der Waals surface area contributed by atoms with Crippen LogP contribution in [0, 0.1) is 19.8 Å². The van der Waals surface area contributed by atoms with E-state index in [2.05, 4.69) is 46.4 Å². The van der Waals surface area contributed by atoms with E-state index in [-0.39, 0.29) is 5.91 Å². The van der Waals surface area contributed by atoms with Crippen LogP contribution in [-0.2, 0) is 6.54 Å². The molecule has 3 rings (SSSR count). The number of carbonyl (C=O) groups excluding carboxylic acids is 1. The molecule has 1 unspecified atom stereocenters. The number of nitrogens with one attached hydrogen (secondary N) is 1. The van der Waals surface area contributed by atoms with Gasteiger partial charge in [-0.3, -0.25) is 9.69 Å². The Hall–Kier alpha value is -2.14. The highest BCUT2D eigenvalue weighted by molar-refractivity contribution is 5.93. The van der Waals surface area contributed by atoms with E-state index < -0.39 is 0 Å². The maximum absolute atomic E-state index is 12.1. The first kappa shape index (κ1) is 15.7. The van der Waals surface area contributed by atoms with Crippen LogP contribution < -0.4 is 5.32 Å². The van der Waals surface area contributed by atoms with Crippen molar-refractivity contribution in [2.24, 2.45) is 5.92 Å². The van der Waals surface area contributed by atoms with Crippen molar-refractivity contribution in [3.63, 3.8) is 0 Å². The smallest absolute Gasteiger partial charge is 0.273 e. The summed E-state index contributed by atoms with van der Waals surface area (Å²) < 4.78 is 5.07. The molecule has 1 aromatic heterocycles. The highest BCUT2D eigenvalue weighted by Crippen LogP contribution is 2.19. The Morgan fingerprint density at radius 3 is 2.96 bits per heavy atom. The summed E-state index contributed by atoms with van der Waals surface area (Å²) in [5, 5.41) is 2.98. The SMILES string of the molecule is Cc1ccccc1CN1CCC(CNC(=O)c2ncoc2C)C1. The van der Waals surface area contributed by atoms with Gasteiger partial charge in [0.05, 0.1) is 0 Å². The Kier molecular flexibility index (Phi) is 4.76. The summed E-state index contributed by atoms with van der Waals surface area (Å²) in [5.41, 5.74) is 3.11. The zero-order chi connectivity index (χ0) is 16.2. The number of nitrogens with zero attached hydrogens (tertiary/aromatic N) is 2. The fraction of sp³-hybridized carbons (Fsp3) is 0.444. The molecule has 0 spiro atoms. The number of aromatic nitrogens is 1. The molecule has 1 fully saturated rings. The topological polar surface area (TPSA) is 58.4 Å². The van der Waals surface area contributed by atoms with E-state index >= 15 is 0 Å². The Morgan fingerprint density at radius 1 is 1.39 bits per heavy atom. The summed E-state index contributed by atoms with van der Waals surface area (Å²) >= 11 is 0. The molecule has 0 bridgehead atoms. The lowest BCUT2D eigenvalue weighted by atomic mass is 10.1. The second kappa shape index (κ2) is 6.96. The van der Waals surface area contributed by atoms with Crippen LogP contribution in [0.25, 0.3) is 0 Å². The lowest BCUT2D eigenvalue weighted by Crippen LogP contribution is -2.31. The van der Waals surface area contributed by atoms with Gasteiger partial charge in [-0.1, -0.05) is 24.3 Å². The lowest BCUT2D eigenvalue weighted by molar-refractivity contribution is 0.0941. The Labute approximate surface area is 136 Å². The van der Waals surface area contributed by atoms with Gasteiger partial charge in [-0.15, -0.1) is 0 Å². The summed E-state index contributed by atoms with van der Waals surface area (Å²) in [6, 6.07) is 8.52. The Bertz CT molecular complexity index is 680. The number of benzene rings is 1. The molecule has 2 heterocycles. The molecular formula is C18H23N3O2. The maximum atomic E-state index is 12.1. The molecule has 1 atom stereocenters. The molecule has 1 N–H and O–H groups in total. The second-order valence-corrected chi connectivity index (χ2v) is 6.28. The highest BCUT2D eigenvalue weighted by Gasteiger charge is 2.24. The number of hydrogen-bond donors (Lipinski definition) is 1. The molecule has 23 heavy (non-hydrogen) atoms. The number of amides is 1. The van der Waals surface area contributed by atoms with Crippen molar-refractivity contribution < 1.29 is 9.21 Å². The molecule has 0 radical (unpaired) electrons. The average Bonchev–Trinajstić information content (AvgIpc) is 3.16. The maximum Gasteiger partial charge on any atom is 0.273 e. The van der Waals surface area contributed by atoms with Crippen molar-refractivity contribution >= 4 is 5.91 Å². The van der Waals surface area contributed by atoms with E-state index in [9.17, 15) is 4.79 Å². The molecule has 1 saturated heterocycles. The van der Waals surface area contributed by atoms with Crippen LogP contribution in [0.5, 0.6) is 0 Å². The summed E-state index contributed by atoms with van der Waals surface area (Å²) in [6.07, 6.45) is 2.42. The first-order chi connectivity index (χ1) is 11.1. The molecule has 5 heteroatoms. The van der Waals surface area contributed by atoms with Gasteiger partial charge in [-0.25, -0.2) is 4.98 Å². The van der Waals surface area contributed by atoms with Crippen LogP contribution in [0.3, 0.4) is 0 Å². The molecule has 2 aromatic rings. The first-order valence-corrected chi connectivity index (χ1v) is 8.08. The van der Waals surface area contributed by atoms with Gasteiger partial charge >= 0.3 is 0 Å². The second-order valence-electron chi connectivity index (χ2n) is 6.28. The number of rotatable bonds is 5. The fourth-order valence-electron chi connectivity index (χ4n) is 3.10. The summed E-state index contributed by atoms with van der Waals surface area (Å²) in [6.45, 7) is 7.68. The van der Waals surface area contributed by atoms with Crippen LogP contribution in [0.4, 0.5) is 0 Å². The van der Waals surface area contributed by atoms with E-state index in [1.165, 1.54) is 17.5 Å². The lowest BCUT2D eigenvalue weighted by Gasteiger charge is -2.17. The number of hydrogen-bond acceptors (Lipinski definition) is 4. The van der Waals surface area contributed by atoms with Crippen molar-refractivity contribution in [3.05, 3.63) is 53.2 Å². The molecule has 5 nitrogen and oxygen atoms in total. The predicted molar refractivity (Wildman–Crippen MR) is 88.1 cm³/mol. The van der Waals surface area contributed by atoms with Gasteiger partial charge in [0.15, 0.2) is 12.1 Å². The molecule has 122 valence electrons. The molecule has 0 aliphatic carbocycles. The minimum atomic E-state index is -0.145. The summed E-state index contributed by atoms with van der Waals surface area (Å²) in [5.74, 6) is 0.916. The third-order valence-electron chi connectivity index (χ3n) is 4.54. The van der Waals surface area contributed by atoms with Gasteiger partial charge in [-0.2, -0.15) is 0 Å². The summed E-state index contributed by atoms with van der Waals surface area (Å²) in [4.78, 5) is 18.5. The van der Waals surface area contributed by atoms with Gasteiger partial charge < -0.3 is 9.73 Å². The summed E-state index contributed by atoms with van der Waals surface area (Å²) in [7, 11) is 0. The highest BCUT2D eigenvalue weighted by atomic mass is 16.3. The van der Waals surface area contributed by atoms with Crippen LogP contribution in [-0.4, -0.2) is 35.4 Å². The van der Waals surface area contributed by atoms with Crippen LogP contribution in [0.2, 0.25) is 0 Å². The first-order valence-electron chi connectivity index (χ1n) is 8.08. The fourth-order valence-corrected chi connectivity index (χ4v) is 3.10. The third kappa shape index (κ3) is 3.79.